The first kappa shape index (κ1) is 23.8. The first-order valence-corrected chi connectivity index (χ1v) is 10.5. The van der Waals surface area contributed by atoms with Gasteiger partial charge in [0.25, 0.3) is 5.56 Å². The zero-order chi connectivity index (χ0) is 24.0. The largest absolute Gasteiger partial charge is 0.493 e. The number of methoxy groups -OCH3 is 2. The number of benzene rings is 2. The second-order valence-corrected chi connectivity index (χ2v) is 7.65. The van der Waals surface area contributed by atoms with E-state index in [-0.39, 0.29) is 23.8 Å². The van der Waals surface area contributed by atoms with Gasteiger partial charge in [-0.3, -0.25) is 19.0 Å². The van der Waals surface area contributed by atoms with Crippen LogP contribution >= 0.6 is 0 Å². The van der Waals surface area contributed by atoms with Crippen molar-refractivity contribution >= 4 is 28.4 Å². The van der Waals surface area contributed by atoms with Crippen molar-refractivity contribution in [1.82, 2.24) is 14.5 Å². The molecular weight excluding hydrogens is 424 g/mol. The van der Waals surface area contributed by atoms with Crippen LogP contribution in [0.1, 0.15) is 25.3 Å². The fourth-order valence-electron chi connectivity index (χ4n) is 3.41. The van der Waals surface area contributed by atoms with Gasteiger partial charge in [-0.2, -0.15) is 0 Å². The highest BCUT2D eigenvalue weighted by atomic mass is 16.5. The molecule has 3 rings (SSSR count). The number of fused-ring (bicyclic) bond motifs is 1. The molecule has 2 amide bonds. The molecule has 0 aliphatic rings. The maximum Gasteiger partial charge on any atom is 0.261 e. The number of amides is 2. The number of aromatic nitrogens is 2. The molecule has 0 radical (unpaired) electrons. The van der Waals surface area contributed by atoms with Gasteiger partial charge in [-0.15, -0.1) is 0 Å². The summed E-state index contributed by atoms with van der Waals surface area (Å²) in [5.74, 6) is 0.735. The average molecular weight is 453 g/mol. The van der Waals surface area contributed by atoms with Gasteiger partial charge in [-0.25, -0.2) is 4.98 Å². The number of rotatable bonds is 9. The number of ether oxygens (including phenoxy) is 2. The molecule has 0 fully saturated rings. The summed E-state index contributed by atoms with van der Waals surface area (Å²) in [5, 5.41) is 3.32. The molecule has 1 N–H and O–H groups in total. The Hall–Kier alpha value is -3.88. The Morgan fingerprint density at radius 2 is 1.82 bits per heavy atom. The van der Waals surface area contributed by atoms with Crippen LogP contribution in [0.5, 0.6) is 11.5 Å². The summed E-state index contributed by atoms with van der Waals surface area (Å²) in [7, 11) is 4.74. The van der Waals surface area contributed by atoms with E-state index in [2.05, 4.69) is 10.3 Å². The van der Waals surface area contributed by atoms with Crippen molar-refractivity contribution in [3.05, 3.63) is 58.6 Å². The zero-order valence-corrected chi connectivity index (χ0v) is 19.3. The standard InChI is InChI=1S/C24H28N4O5/c1-16(29)27(2)14-17-8-5-6-9-19(17)26-23(30)10-7-11-28-15-25-20-13-22(33-4)21(32-3)12-18(20)24(28)31/h5-6,8-9,12-13,15H,7,10-11,14H2,1-4H3,(H,26,30). The van der Waals surface area contributed by atoms with Gasteiger partial charge in [0.15, 0.2) is 11.5 Å². The summed E-state index contributed by atoms with van der Waals surface area (Å²) in [6.45, 7) is 2.24. The van der Waals surface area contributed by atoms with Crippen molar-refractivity contribution in [3.63, 3.8) is 0 Å². The molecule has 0 saturated carbocycles. The summed E-state index contributed by atoms with van der Waals surface area (Å²) in [6, 6.07) is 10.6. The molecule has 1 aromatic heterocycles. The Bertz CT molecular complexity index is 1220. The van der Waals surface area contributed by atoms with Gasteiger partial charge in [-0.1, -0.05) is 18.2 Å². The van der Waals surface area contributed by atoms with Crippen LogP contribution in [0.2, 0.25) is 0 Å². The van der Waals surface area contributed by atoms with Crippen molar-refractivity contribution in [3.8, 4) is 11.5 Å². The Morgan fingerprint density at radius 1 is 1.12 bits per heavy atom. The van der Waals surface area contributed by atoms with Crippen LogP contribution in [0, 0.1) is 0 Å². The minimum absolute atomic E-state index is 0.0540. The summed E-state index contributed by atoms with van der Waals surface area (Å²) >= 11 is 0. The predicted octanol–water partition coefficient (Wildman–Crippen LogP) is 2.81. The van der Waals surface area contributed by atoms with E-state index in [0.29, 0.717) is 47.6 Å². The number of hydrogen-bond acceptors (Lipinski definition) is 6. The van der Waals surface area contributed by atoms with Gasteiger partial charge in [0, 0.05) is 45.2 Å². The highest BCUT2D eigenvalue weighted by molar-refractivity contribution is 5.91. The normalized spacial score (nSPS) is 10.7. The van der Waals surface area contributed by atoms with Crippen LogP contribution in [0.25, 0.3) is 10.9 Å². The lowest BCUT2D eigenvalue weighted by Gasteiger charge is -2.18. The molecule has 9 nitrogen and oxygen atoms in total. The minimum Gasteiger partial charge on any atom is -0.493 e. The average Bonchev–Trinajstić information content (AvgIpc) is 2.81. The van der Waals surface area contributed by atoms with Gasteiger partial charge in [0.05, 0.1) is 31.4 Å². The van der Waals surface area contributed by atoms with Gasteiger partial charge in [0.1, 0.15) is 0 Å². The highest BCUT2D eigenvalue weighted by Gasteiger charge is 2.13. The molecular formula is C24H28N4O5. The van der Waals surface area contributed by atoms with Crippen LogP contribution in [-0.4, -0.2) is 47.5 Å². The molecule has 174 valence electrons. The van der Waals surface area contributed by atoms with Crippen molar-refractivity contribution in [2.45, 2.75) is 32.9 Å². The topological polar surface area (TPSA) is 103 Å². The maximum atomic E-state index is 12.9. The Kier molecular flexibility index (Phi) is 7.66. The van der Waals surface area contributed by atoms with E-state index in [1.165, 1.54) is 32.0 Å². The Morgan fingerprint density at radius 3 is 2.52 bits per heavy atom. The molecule has 33 heavy (non-hydrogen) atoms. The molecule has 2 aromatic carbocycles. The third-order valence-electron chi connectivity index (χ3n) is 5.37. The van der Waals surface area contributed by atoms with E-state index in [1.807, 2.05) is 18.2 Å². The van der Waals surface area contributed by atoms with Gasteiger partial charge in [-0.05, 0) is 24.1 Å². The molecule has 0 unspecified atom stereocenters. The smallest absolute Gasteiger partial charge is 0.261 e. The zero-order valence-electron chi connectivity index (χ0n) is 19.3. The summed E-state index contributed by atoms with van der Waals surface area (Å²) < 4.78 is 12.0. The molecule has 0 atom stereocenters. The maximum absolute atomic E-state index is 12.9. The van der Waals surface area contributed by atoms with E-state index >= 15 is 0 Å². The number of carbonyl (C=O) groups is 2. The molecule has 0 bridgehead atoms. The number of para-hydroxylation sites is 1. The Balaban J connectivity index is 1.65. The summed E-state index contributed by atoms with van der Waals surface area (Å²) in [5.41, 5.74) is 1.82. The number of anilines is 1. The lowest BCUT2D eigenvalue weighted by Crippen LogP contribution is -2.24. The number of nitrogens with zero attached hydrogens (tertiary/aromatic N) is 3. The van der Waals surface area contributed by atoms with E-state index in [4.69, 9.17) is 9.47 Å². The molecule has 0 aliphatic heterocycles. The summed E-state index contributed by atoms with van der Waals surface area (Å²) in [4.78, 5) is 42.8. The van der Waals surface area contributed by atoms with Gasteiger partial charge >= 0.3 is 0 Å². The number of carbonyl (C=O) groups excluding carboxylic acids is 2. The molecule has 3 aromatic rings. The predicted molar refractivity (Wildman–Crippen MR) is 126 cm³/mol. The van der Waals surface area contributed by atoms with Crippen LogP contribution in [0.15, 0.2) is 47.5 Å². The SMILES string of the molecule is COc1cc2ncn(CCCC(=O)Nc3ccccc3CN(C)C(C)=O)c(=O)c2cc1OC. The first-order chi connectivity index (χ1) is 15.8. The third-order valence-corrected chi connectivity index (χ3v) is 5.37. The van der Waals surface area contributed by atoms with Crippen molar-refractivity contribution in [2.75, 3.05) is 26.6 Å². The van der Waals surface area contributed by atoms with Crippen molar-refractivity contribution < 1.29 is 19.1 Å². The molecule has 0 aliphatic carbocycles. The molecule has 0 spiro atoms. The minimum atomic E-state index is -0.209. The van der Waals surface area contributed by atoms with Crippen LogP contribution in [0.3, 0.4) is 0 Å². The van der Waals surface area contributed by atoms with Crippen LogP contribution in [0.4, 0.5) is 5.69 Å². The summed E-state index contributed by atoms with van der Waals surface area (Å²) in [6.07, 6.45) is 2.16. The second kappa shape index (κ2) is 10.6. The van der Waals surface area contributed by atoms with E-state index in [0.717, 1.165) is 5.56 Å². The number of aryl methyl sites for hydroxylation is 1. The fourth-order valence-corrected chi connectivity index (χ4v) is 3.41. The van der Waals surface area contributed by atoms with Crippen molar-refractivity contribution in [1.29, 1.82) is 0 Å². The number of hydrogen-bond donors (Lipinski definition) is 1. The van der Waals surface area contributed by atoms with E-state index in [9.17, 15) is 14.4 Å². The monoisotopic (exact) mass is 452 g/mol. The van der Waals surface area contributed by atoms with Crippen molar-refractivity contribution in [2.24, 2.45) is 0 Å². The molecule has 0 saturated heterocycles. The van der Waals surface area contributed by atoms with E-state index < -0.39 is 0 Å². The van der Waals surface area contributed by atoms with Gasteiger partial charge < -0.3 is 19.7 Å². The third kappa shape index (κ3) is 5.68. The second-order valence-electron chi connectivity index (χ2n) is 7.65. The quantitative estimate of drug-likeness (QED) is 0.536. The van der Waals surface area contributed by atoms with Crippen LogP contribution < -0.4 is 20.3 Å². The first-order valence-electron chi connectivity index (χ1n) is 10.5. The Labute approximate surface area is 191 Å². The lowest BCUT2D eigenvalue weighted by molar-refractivity contribution is -0.128. The fraction of sp³-hybridized carbons (Fsp3) is 0.333. The lowest BCUT2D eigenvalue weighted by atomic mass is 10.1. The molecule has 9 heteroatoms. The van der Waals surface area contributed by atoms with Crippen LogP contribution in [-0.2, 0) is 22.7 Å². The van der Waals surface area contributed by atoms with E-state index in [1.54, 1.807) is 30.1 Å². The van der Waals surface area contributed by atoms with Gasteiger partial charge in [0.2, 0.25) is 11.8 Å². The molecule has 1 heterocycles. The highest BCUT2D eigenvalue weighted by Crippen LogP contribution is 2.29. The number of nitrogens with one attached hydrogen (secondary N) is 1.